The third kappa shape index (κ3) is 4.69. The van der Waals surface area contributed by atoms with Crippen LogP contribution in [0, 0.1) is 18.6 Å². The van der Waals surface area contributed by atoms with Gasteiger partial charge in [0.15, 0.2) is 5.16 Å². The van der Waals surface area contributed by atoms with E-state index < -0.39 is 5.82 Å². The Hall–Kier alpha value is -2.75. The van der Waals surface area contributed by atoms with E-state index in [0.29, 0.717) is 32.2 Å². The lowest BCUT2D eigenvalue weighted by Crippen LogP contribution is -2.26. The van der Waals surface area contributed by atoms with E-state index in [-0.39, 0.29) is 34.6 Å². The molecule has 0 unspecified atom stereocenters. The van der Waals surface area contributed by atoms with Gasteiger partial charge in [0.2, 0.25) is 5.91 Å². The van der Waals surface area contributed by atoms with Crippen LogP contribution in [0.5, 0.6) is 0 Å². The molecule has 2 aromatic heterocycles. The number of carbonyl (C=O) groups excluding carboxylic acids is 1. The molecular formula is C22H16ClF2N3O2S2. The highest BCUT2D eigenvalue weighted by Crippen LogP contribution is 2.24. The quantitative estimate of drug-likeness (QED) is 0.301. The topological polar surface area (TPSA) is 64.0 Å². The molecule has 2 aromatic carbocycles. The van der Waals surface area contributed by atoms with Gasteiger partial charge in [-0.05, 0) is 59.8 Å². The number of thioether (sulfide) groups is 1. The first-order valence-electron chi connectivity index (χ1n) is 9.43. The van der Waals surface area contributed by atoms with Gasteiger partial charge in [-0.1, -0.05) is 29.4 Å². The molecule has 0 aliphatic heterocycles. The first kappa shape index (κ1) is 22.4. The number of nitrogens with one attached hydrogen (secondary N) is 1. The van der Waals surface area contributed by atoms with Gasteiger partial charge in [0.25, 0.3) is 5.56 Å². The van der Waals surface area contributed by atoms with Gasteiger partial charge in [-0.15, -0.1) is 11.3 Å². The monoisotopic (exact) mass is 491 g/mol. The Morgan fingerprint density at radius 1 is 1.19 bits per heavy atom. The average molecular weight is 492 g/mol. The van der Waals surface area contributed by atoms with Crippen LogP contribution in [0.25, 0.3) is 15.9 Å². The number of aryl methyl sites for hydroxylation is 1. The fourth-order valence-electron chi connectivity index (χ4n) is 3.02. The van der Waals surface area contributed by atoms with Gasteiger partial charge >= 0.3 is 0 Å². The number of fused-ring (bicyclic) bond motifs is 1. The van der Waals surface area contributed by atoms with Gasteiger partial charge in [-0.3, -0.25) is 14.2 Å². The Kier molecular flexibility index (Phi) is 6.59. The summed E-state index contributed by atoms with van der Waals surface area (Å²) < 4.78 is 28.9. The number of benzene rings is 2. The van der Waals surface area contributed by atoms with Gasteiger partial charge in [-0.25, -0.2) is 13.8 Å². The molecule has 1 N–H and O–H groups in total. The fraction of sp³-hybridized carbons (Fsp3) is 0.136. The minimum atomic E-state index is -0.527. The smallest absolute Gasteiger partial charge is 0.276 e. The highest BCUT2D eigenvalue weighted by atomic mass is 35.5. The van der Waals surface area contributed by atoms with E-state index in [2.05, 4.69) is 10.3 Å². The lowest BCUT2D eigenvalue weighted by molar-refractivity contribution is -0.118. The molecule has 5 nitrogen and oxygen atoms in total. The molecule has 0 aliphatic rings. The third-order valence-electron chi connectivity index (χ3n) is 4.65. The zero-order chi connectivity index (χ0) is 22.8. The number of amides is 1. The minimum Gasteiger partial charge on any atom is -0.351 e. The highest BCUT2D eigenvalue weighted by molar-refractivity contribution is 7.99. The second-order valence-electron chi connectivity index (χ2n) is 6.92. The molecule has 164 valence electrons. The maximum absolute atomic E-state index is 13.8. The van der Waals surface area contributed by atoms with Crippen LogP contribution < -0.4 is 10.9 Å². The number of carbonyl (C=O) groups is 1. The Morgan fingerprint density at radius 2 is 1.97 bits per heavy atom. The van der Waals surface area contributed by atoms with Crippen molar-refractivity contribution < 1.29 is 13.6 Å². The largest absolute Gasteiger partial charge is 0.351 e. The van der Waals surface area contributed by atoms with Crippen LogP contribution >= 0.6 is 34.7 Å². The number of thiophene rings is 1. The molecule has 0 radical (unpaired) electrons. The SMILES string of the molecule is Cc1cc(-n2c(SCC(=O)NCc3ccc(F)c(Cl)c3)nc3ccsc3c2=O)ccc1F. The predicted octanol–water partition coefficient (Wildman–Crippen LogP) is 5.10. The summed E-state index contributed by atoms with van der Waals surface area (Å²) in [5, 5.41) is 4.82. The lowest BCUT2D eigenvalue weighted by Gasteiger charge is -2.13. The minimum absolute atomic E-state index is 0.00279. The van der Waals surface area contributed by atoms with Crippen molar-refractivity contribution in [2.24, 2.45) is 0 Å². The maximum atomic E-state index is 13.8. The summed E-state index contributed by atoms with van der Waals surface area (Å²) in [6, 6.07) is 10.3. The van der Waals surface area contributed by atoms with Gasteiger partial charge in [0.1, 0.15) is 16.3 Å². The van der Waals surface area contributed by atoms with Gasteiger partial charge < -0.3 is 5.32 Å². The Bertz CT molecular complexity index is 1390. The first-order chi connectivity index (χ1) is 15.3. The van der Waals surface area contributed by atoms with E-state index >= 15 is 0 Å². The molecule has 32 heavy (non-hydrogen) atoms. The van der Waals surface area contributed by atoms with Crippen molar-refractivity contribution in [2.45, 2.75) is 18.6 Å². The van der Waals surface area contributed by atoms with Crippen molar-refractivity contribution in [3.63, 3.8) is 0 Å². The highest BCUT2D eigenvalue weighted by Gasteiger charge is 2.16. The van der Waals surface area contributed by atoms with Crippen LogP contribution in [-0.4, -0.2) is 21.2 Å². The van der Waals surface area contributed by atoms with Crippen LogP contribution in [0.15, 0.2) is 57.8 Å². The van der Waals surface area contributed by atoms with Crippen LogP contribution in [-0.2, 0) is 11.3 Å². The van der Waals surface area contributed by atoms with Gasteiger partial charge in [0, 0.05) is 6.54 Å². The number of rotatable bonds is 6. The van der Waals surface area contributed by atoms with Gasteiger partial charge in [0.05, 0.1) is 22.0 Å². The molecule has 0 atom stereocenters. The molecule has 10 heteroatoms. The molecule has 0 bridgehead atoms. The number of hydrogen-bond acceptors (Lipinski definition) is 5. The van der Waals surface area contributed by atoms with E-state index in [9.17, 15) is 18.4 Å². The summed E-state index contributed by atoms with van der Waals surface area (Å²) in [6.07, 6.45) is 0. The summed E-state index contributed by atoms with van der Waals surface area (Å²) >= 11 is 8.14. The van der Waals surface area contributed by atoms with Crippen LogP contribution in [0.2, 0.25) is 5.02 Å². The maximum Gasteiger partial charge on any atom is 0.276 e. The molecule has 4 aromatic rings. The second-order valence-corrected chi connectivity index (χ2v) is 9.18. The number of nitrogens with zero attached hydrogens (tertiary/aromatic N) is 2. The van der Waals surface area contributed by atoms with Crippen LogP contribution in [0.4, 0.5) is 8.78 Å². The first-order valence-corrected chi connectivity index (χ1v) is 11.7. The zero-order valence-corrected chi connectivity index (χ0v) is 19.1. The van der Waals surface area contributed by atoms with Crippen molar-refractivity contribution in [1.82, 2.24) is 14.9 Å². The molecule has 0 saturated heterocycles. The van der Waals surface area contributed by atoms with Crippen molar-refractivity contribution in [3.8, 4) is 5.69 Å². The lowest BCUT2D eigenvalue weighted by atomic mass is 10.2. The van der Waals surface area contributed by atoms with Crippen molar-refractivity contribution in [1.29, 1.82) is 0 Å². The standard InChI is InChI=1S/C22H16ClF2N3O2S2/c1-12-8-14(3-5-16(12)24)28-21(30)20-18(6-7-31-20)27-22(28)32-11-19(29)26-10-13-2-4-17(25)15(23)9-13/h2-9H,10-11H2,1H3,(H,26,29). The molecule has 0 fully saturated rings. The fourth-order valence-corrected chi connectivity index (χ4v) is 4.82. The number of halogens is 3. The third-order valence-corrected chi connectivity index (χ3v) is 6.77. The normalized spacial score (nSPS) is 11.1. The molecule has 0 spiro atoms. The Balaban J connectivity index is 1.56. The summed E-state index contributed by atoms with van der Waals surface area (Å²) in [5.41, 5.74) is 1.79. The molecule has 0 aliphatic carbocycles. The molecule has 0 saturated carbocycles. The van der Waals surface area contributed by atoms with E-state index in [1.807, 2.05) is 0 Å². The Labute approximate surface area is 195 Å². The van der Waals surface area contributed by atoms with Gasteiger partial charge in [-0.2, -0.15) is 0 Å². The average Bonchev–Trinajstić information content (AvgIpc) is 3.24. The van der Waals surface area contributed by atoms with Crippen molar-refractivity contribution in [3.05, 3.63) is 86.0 Å². The zero-order valence-electron chi connectivity index (χ0n) is 16.7. The summed E-state index contributed by atoms with van der Waals surface area (Å²) in [4.78, 5) is 30.0. The van der Waals surface area contributed by atoms with E-state index in [4.69, 9.17) is 11.6 Å². The van der Waals surface area contributed by atoms with Crippen LogP contribution in [0.1, 0.15) is 11.1 Å². The second kappa shape index (κ2) is 9.40. The summed E-state index contributed by atoms with van der Waals surface area (Å²) in [6.45, 7) is 1.79. The van der Waals surface area contributed by atoms with E-state index in [1.165, 1.54) is 46.2 Å². The molecular weight excluding hydrogens is 476 g/mol. The molecule has 2 heterocycles. The van der Waals surface area contributed by atoms with E-state index in [1.54, 1.807) is 24.4 Å². The van der Waals surface area contributed by atoms with Crippen molar-refractivity contribution in [2.75, 3.05) is 5.75 Å². The summed E-state index contributed by atoms with van der Waals surface area (Å²) in [7, 11) is 0. The van der Waals surface area contributed by atoms with Crippen LogP contribution in [0.3, 0.4) is 0 Å². The van der Waals surface area contributed by atoms with E-state index in [0.717, 1.165) is 11.8 Å². The Morgan fingerprint density at radius 3 is 2.72 bits per heavy atom. The summed E-state index contributed by atoms with van der Waals surface area (Å²) in [5.74, 6) is -1.20. The number of aromatic nitrogens is 2. The molecule has 1 amide bonds. The molecule has 4 rings (SSSR count). The number of hydrogen-bond donors (Lipinski definition) is 1. The van der Waals surface area contributed by atoms with Crippen molar-refractivity contribution >= 4 is 50.8 Å². The predicted molar refractivity (Wildman–Crippen MR) is 124 cm³/mol.